The molecule has 0 bridgehead atoms. The van der Waals surface area contributed by atoms with Gasteiger partial charge < -0.3 is 0 Å². The van der Waals surface area contributed by atoms with Gasteiger partial charge in [-0.2, -0.15) is 4.31 Å². The van der Waals surface area contributed by atoms with Gasteiger partial charge in [-0.3, -0.25) is 0 Å². The molecule has 0 spiro atoms. The van der Waals surface area contributed by atoms with Crippen LogP contribution in [0.2, 0.25) is 0 Å². The van der Waals surface area contributed by atoms with E-state index < -0.39 is 15.8 Å². The Balaban J connectivity index is 1.91. The van der Waals surface area contributed by atoms with Gasteiger partial charge in [-0.1, -0.05) is 12.8 Å². The molecule has 1 aromatic rings. The minimum atomic E-state index is -3.59. The highest BCUT2D eigenvalue weighted by atomic mass is 79.9. The molecule has 1 aliphatic carbocycles. The third kappa shape index (κ3) is 2.90. The molecule has 3 nitrogen and oxygen atoms in total. The van der Waals surface area contributed by atoms with Crippen LogP contribution in [0.1, 0.15) is 38.5 Å². The van der Waals surface area contributed by atoms with Gasteiger partial charge in [0.25, 0.3) is 0 Å². The van der Waals surface area contributed by atoms with Crippen LogP contribution in [0.25, 0.3) is 0 Å². The maximum Gasteiger partial charge on any atom is 0.243 e. The van der Waals surface area contributed by atoms with Crippen molar-refractivity contribution in [3.63, 3.8) is 0 Å². The third-order valence-corrected chi connectivity index (χ3v) is 7.25. The minimum absolute atomic E-state index is 0.0631. The molecule has 3 rings (SSSR count). The first-order chi connectivity index (χ1) is 10.00. The smallest absolute Gasteiger partial charge is 0.207 e. The van der Waals surface area contributed by atoms with Gasteiger partial charge in [0.05, 0.1) is 9.37 Å². The van der Waals surface area contributed by atoms with E-state index >= 15 is 0 Å². The maximum atomic E-state index is 13.7. The van der Waals surface area contributed by atoms with Crippen molar-refractivity contribution in [2.24, 2.45) is 5.92 Å². The first-order valence-electron chi connectivity index (χ1n) is 7.47. The van der Waals surface area contributed by atoms with E-state index in [0.29, 0.717) is 12.5 Å². The average molecular weight is 376 g/mol. The molecule has 1 saturated heterocycles. The first-order valence-corrected chi connectivity index (χ1v) is 9.70. The van der Waals surface area contributed by atoms with Gasteiger partial charge in [-0.15, -0.1) is 0 Å². The van der Waals surface area contributed by atoms with Crippen LogP contribution in [0.5, 0.6) is 0 Å². The molecule has 21 heavy (non-hydrogen) atoms. The molecule has 0 N–H and O–H groups in total. The molecule has 1 aromatic carbocycles. The van der Waals surface area contributed by atoms with Gasteiger partial charge in [-0.25, -0.2) is 12.8 Å². The first kappa shape index (κ1) is 15.4. The molecule has 2 aliphatic rings. The van der Waals surface area contributed by atoms with Crippen LogP contribution in [0.15, 0.2) is 27.6 Å². The fraction of sp³-hybridized carbons (Fsp3) is 0.600. The molecule has 1 aliphatic heterocycles. The second kappa shape index (κ2) is 5.97. The lowest BCUT2D eigenvalue weighted by atomic mass is 9.97. The molecule has 1 unspecified atom stereocenters. The highest BCUT2D eigenvalue weighted by Gasteiger charge is 2.40. The summed E-state index contributed by atoms with van der Waals surface area (Å²) in [6.07, 6.45) is 6.46. The fourth-order valence-corrected chi connectivity index (χ4v) is 5.66. The van der Waals surface area contributed by atoms with Crippen molar-refractivity contribution in [3.05, 3.63) is 28.5 Å². The average Bonchev–Trinajstić information content (AvgIpc) is 3.11. The topological polar surface area (TPSA) is 37.4 Å². The van der Waals surface area contributed by atoms with Crippen molar-refractivity contribution >= 4 is 26.0 Å². The van der Waals surface area contributed by atoms with Crippen LogP contribution in [-0.4, -0.2) is 25.3 Å². The molecule has 1 saturated carbocycles. The zero-order chi connectivity index (χ0) is 15.0. The van der Waals surface area contributed by atoms with Crippen molar-refractivity contribution in [1.82, 2.24) is 4.31 Å². The summed E-state index contributed by atoms with van der Waals surface area (Å²) < 4.78 is 41.2. The van der Waals surface area contributed by atoms with E-state index in [1.807, 2.05) is 0 Å². The lowest BCUT2D eigenvalue weighted by molar-refractivity contribution is 0.288. The zero-order valence-electron chi connectivity index (χ0n) is 11.8. The molecule has 116 valence electrons. The number of rotatable bonds is 3. The van der Waals surface area contributed by atoms with E-state index in [9.17, 15) is 12.8 Å². The highest BCUT2D eigenvalue weighted by Crippen LogP contribution is 2.38. The predicted molar refractivity (Wildman–Crippen MR) is 83.0 cm³/mol. The van der Waals surface area contributed by atoms with E-state index in [1.165, 1.54) is 25.0 Å². The molecule has 0 amide bonds. The van der Waals surface area contributed by atoms with Crippen LogP contribution in [-0.2, 0) is 10.0 Å². The third-order valence-electron chi connectivity index (χ3n) is 4.69. The summed E-state index contributed by atoms with van der Waals surface area (Å²) in [5.74, 6) is -0.0599. The molecule has 2 fully saturated rings. The molecule has 0 radical (unpaired) electrons. The molecule has 6 heteroatoms. The lowest BCUT2D eigenvalue weighted by Gasteiger charge is -2.28. The number of hydrogen-bond acceptors (Lipinski definition) is 2. The van der Waals surface area contributed by atoms with Crippen LogP contribution in [0.4, 0.5) is 4.39 Å². The normalized spacial score (nSPS) is 24.8. The van der Waals surface area contributed by atoms with Crippen LogP contribution < -0.4 is 0 Å². The number of sulfonamides is 1. The Hall–Kier alpha value is -0.460. The Morgan fingerprint density at radius 2 is 1.86 bits per heavy atom. The van der Waals surface area contributed by atoms with E-state index in [4.69, 9.17) is 0 Å². The van der Waals surface area contributed by atoms with Crippen molar-refractivity contribution in [2.45, 2.75) is 49.5 Å². The summed E-state index contributed by atoms with van der Waals surface area (Å²) in [4.78, 5) is 0.0631. The maximum absolute atomic E-state index is 13.7. The Morgan fingerprint density at radius 1 is 1.14 bits per heavy atom. The van der Waals surface area contributed by atoms with Gasteiger partial charge in [0, 0.05) is 12.6 Å². The van der Waals surface area contributed by atoms with E-state index in [2.05, 4.69) is 15.9 Å². The van der Waals surface area contributed by atoms with E-state index in [-0.39, 0.29) is 15.4 Å². The van der Waals surface area contributed by atoms with Crippen molar-refractivity contribution < 1.29 is 12.8 Å². The summed E-state index contributed by atoms with van der Waals surface area (Å²) in [6.45, 7) is 0.557. The number of benzene rings is 1. The zero-order valence-corrected chi connectivity index (χ0v) is 14.2. The quantitative estimate of drug-likeness (QED) is 0.802. The minimum Gasteiger partial charge on any atom is -0.207 e. The van der Waals surface area contributed by atoms with Gasteiger partial charge >= 0.3 is 0 Å². The number of halogens is 2. The predicted octanol–water partition coefficient (Wildman–Crippen LogP) is 3.93. The van der Waals surface area contributed by atoms with Crippen LogP contribution in [0, 0.1) is 11.7 Å². The summed E-state index contributed by atoms with van der Waals surface area (Å²) in [5, 5.41) is 0. The summed E-state index contributed by atoms with van der Waals surface area (Å²) in [7, 11) is -3.59. The fourth-order valence-electron chi connectivity index (χ4n) is 3.65. The van der Waals surface area contributed by atoms with Crippen molar-refractivity contribution in [3.8, 4) is 0 Å². The molecule has 1 atom stereocenters. The van der Waals surface area contributed by atoms with Crippen molar-refractivity contribution in [2.75, 3.05) is 6.54 Å². The SMILES string of the molecule is O=S(=O)(c1ccc(Br)c(F)c1)N1CCCC1C1CCCC1. The van der Waals surface area contributed by atoms with E-state index in [0.717, 1.165) is 31.7 Å². The molecule has 0 aromatic heterocycles. The van der Waals surface area contributed by atoms with E-state index in [1.54, 1.807) is 4.31 Å². The lowest BCUT2D eigenvalue weighted by Crippen LogP contribution is -2.39. The number of nitrogens with zero attached hydrogens (tertiary/aromatic N) is 1. The molecule has 1 heterocycles. The summed E-state index contributed by atoms with van der Waals surface area (Å²) in [6, 6.07) is 4.16. The molecular formula is C15H19BrFNO2S. The van der Waals surface area contributed by atoms with Gasteiger partial charge in [0.15, 0.2) is 0 Å². The van der Waals surface area contributed by atoms with Crippen LogP contribution in [0.3, 0.4) is 0 Å². The van der Waals surface area contributed by atoms with Gasteiger partial charge in [0.1, 0.15) is 5.82 Å². The summed E-state index contributed by atoms with van der Waals surface area (Å²) in [5.41, 5.74) is 0. The van der Waals surface area contributed by atoms with Crippen molar-refractivity contribution in [1.29, 1.82) is 0 Å². The highest BCUT2D eigenvalue weighted by molar-refractivity contribution is 9.10. The Morgan fingerprint density at radius 3 is 2.52 bits per heavy atom. The molecular weight excluding hydrogens is 357 g/mol. The Labute approximate surface area is 133 Å². The summed E-state index contributed by atoms with van der Waals surface area (Å²) >= 11 is 3.06. The standard InChI is InChI=1S/C15H19BrFNO2S/c16-13-8-7-12(10-14(13)17)21(19,20)18-9-3-6-15(18)11-4-1-2-5-11/h7-8,10-11,15H,1-6,9H2. The van der Waals surface area contributed by atoms with Crippen LogP contribution >= 0.6 is 15.9 Å². The van der Waals surface area contributed by atoms with Gasteiger partial charge in [0.2, 0.25) is 10.0 Å². The second-order valence-corrected chi connectivity index (χ2v) is 8.69. The monoisotopic (exact) mass is 375 g/mol. The Kier molecular flexibility index (Phi) is 4.39. The number of hydrogen-bond donors (Lipinski definition) is 0. The second-order valence-electron chi connectivity index (χ2n) is 5.95. The largest absolute Gasteiger partial charge is 0.243 e. The van der Waals surface area contributed by atoms with Gasteiger partial charge in [-0.05, 0) is 65.7 Å². The Bertz CT molecular complexity index is 629.